The van der Waals surface area contributed by atoms with E-state index in [0.29, 0.717) is 12.8 Å². The van der Waals surface area contributed by atoms with Crippen molar-refractivity contribution < 1.29 is 49.0 Å². The van der Waals surface area contributed by atoms with Gasteiger partial charge in [0, 0.05) is 12.8 Å². The minimum atomic E-state index is -1.60. The first-order valence-electron chi connectivity index (χ1n) is 20.1. The number of hydrogen-bond acceptors (Lipinski definition) is 10. The van der Waals surface area contributed by atoms with Crippen LogP contribution in [-0.2, 0) is 28.5 Å². The first-order valence-corrected chi connectivity index (χ1v) is 20.1. The topological polar surface area (TPSA) is 152 Å². The minimum absolute atomic E-state index is 0.205. The Bertz CT molecular complexity index is 933. The first-order chi connectivity index (χ1) is 24.8. The zero-order valence-electron chi connectivity index (χ0n) is 31.8. The van der Waals surface area contributed by atoms with E-state index in [1.54, 1.807) is 0 Å². The molecule has 0 aromatic heterocycles. The van der Waals surface area contributed by atoms with Gasteiger partial charge >= 0.3 is 11.9 Å². The van der Waals surface area contributed by atoms with Gasteiger partial charge in [-0.05, 0) is 44.9 Å². The van der Waals surface area contributed by atoms with Gasteiger partial charge in [-0.2, -0.15) is 0 Å². The van der Waals surface area contributed by atoms with Crippen molar-refractivity contribution in [3.8, 4) is 0 Å². The highest BCUT2D eigenvalue weighted by atomic mass is 16.7. The van der Waals surface area contributed by atoms with Crippen LogP contribution in [-0.4, -0.2) is 89.0 Å². The van der Waals surface area contributed by atoms with Crippen molar-refractivity contribution in [3.05, 3.63) is 36.5 Å². The van der Waals surface area contributed by atoms with Gasteiger partial charge < -0.3 is 39.4 Å². The summed E-state index contributed by atoms with van der Waals surface area (Å²) < 4.78 is 22.0. The van der Waals surface area contributed by atoms with Gasteiger partial charge in [-0.15, -0.1) is 0 Å². The molecule has 296 valence electrons. The summed E-state index contributed by atoms with van der Waals surface area (Å²) in [5, 5.41) is 39.9. The summed E-state index contributed by atoms with van der Waals surface area (Å²) in [4.78, 5) is 25.1. The summed E-state index contributed by atoms with van der Waals surface area (Å²) in [6.45, 7) is 3.32. The van der Waals surface area contributed by atoms with E-state index in [1.807, 2.05) is 0 Å². The summed E-state index contributed by atoms with van der Waals surface area (Å²) in [5.41, 5.74) is 0. The van der Waals surface area contributed by atoms with E-state index < -0.39 is 55.4 Å². The molecule has 0 radical (unpaired) electrons. The number of esters is 2. The lowest BCUT2D eigenvalue weighted by Crippen LogP contribution is -2.59. The van der Waals surface area contributed by atoms with Crippen LogP contribution in [0.2, 0.25) is 0 Å². The van der Waals surface area contributed by atoms with Crippen LogP contribution in [0.15, 0.2) is 36.5 Å². The lowest BCUT2D eigenvalue weighted by molar-refractivity contribution is -0.305. The summed E-state index contributed by atoms with van der Waals surface area (Å²) in [6.07, 6.45) is 27.4. The predicted octanol–water partition coefficient (Wildman–Crippen LogP) is 7.55. The number of rotatable bonds is 32. The highest BCUT2D eigenvalue weighted by Gasteiger charge is 2.44. The zero-order valence-corrected chi connectivity index (χ0v) is 31.8. The van der Waals surface area contributed by atoms with E-state index >= 15 is 0 Å². The Morgan fingerprint density at radius 1 is 0.608 bits per heavy atom. The number of hydrogen-bond donors (Lipinski definition) is 4. The van der Waals surface area contributed by atoms with Crippen LogP contribution in [0.5, 0.6) is 0 Å². The van der Waals surface area contributed by atoms with Gasteiger partial charge in [0.15, 0.2) is 12.4 Å². The molecule has 0 bridgehead atoms. The summed E-state index contributed by atoms with van der Waals surface area (Å²) in [7, 11) is 0. The molecular formula is C41H72O10. The number of aliphatic hydroxyl groups excluding tert-OH is 4. The largest absolute Gasteiger partial charge is 0.462 e. The lowest BCUT2D eigenvalue weighted by atomic mass is 9.99. The Balaban J connectivity index is 2.40. The highest BCUT2D eigenvalue weighted by Crippen LogP contribution is 2.22. The molecule has 6 atom stereocenters. The van der Waals surface area contributed by atoms with Crippen molar-refractivity contribution in [3.63, 3.8) is 0 Å². The fourth-order valence-corrected chi connectivity index (χ4v) is 5.79. The average Bonchev–Trinajstić information content (AvgIpc) is 3.13. The summed E-state index contributed by atoms with van der Waals surface area (Å²) >= 11 is 0. The standard InChI is InChI=1S/C41H72O10/c1-3-5-7-9-11-13-14-15-16-17-18-19-20-22-23-25-27-29-36(43)48-32-34(33-49-41-40(47)39(46)38(45)35(31-42)51-41)50-37(44)30-28-26-24-21-12-10-8-6-4-2/h15-16,18-19,22-23,34-35,38-42,45-47H,3-14,17,20-21,24-33H2,1-2H3/b16-15+,19-18+,23-22+/t34-,35-,38+,39?,40?,41-/m0/s1. The van der Waals surface area contributed by atoms with Crippen molar-refractivity contribution in [1.82, 2.24) is 0 Å². The molecule has 1 aliphatic rings. The number of aliphatic hydroxyl groups is 4. The Morgan fingerprint density at radius 3 is 1.71 bits per heavy atom. The normalized spacial score (nSPS) is 21.6. The SMILES string of the molecule is CCCCCCCC/C=C/C/C=C/C/C=C/CCCC(=O)OC[C@@H](CO[C@H]1O[C@@H](CO)[C@@H](O)C(O)C1O)OC(=O)CCCCCCCCCCC. The van der Waals surface area contributed by atoms with E-state index in [9.17, 15) is 30.0 Å². The van der Waals surface area contributed by atoms with Crippen LogP contribution in [0, 0.1) is 0 Å². The smallest absolute Gasteiger partial charge is 0.306 e. The van der Waals surface area contributed by atoms with Crippen molar-refractivity contribution in [2.45, 2.75) is 192 Å². The number of carbonyl (C=O) groups excluding carboxylic acids is 2. The second-order valence-electron chi connectivity index (χ2n) is 13.7. The van der Waals surface area contributed by atoms with Crippen LogP contribution in [0.1, 0.15) is 155 Å². The Hall–Kier alpha value is -2.08. The van der Waals surface area contributed by atoms with Crippen LogP contribution in [0.4, 0.5) is 0 Å². The van der Waals surface area contributed by atoms with E-state index in [-0.39, 0.29) is 26.1 Å². The fourth-order valence-electron chi connectivity index (χ4n) is 5.79. The van der Waals surface area contributed by atoms with Crippen LogP contribution < -0.4 is 0 Å². The highest BCUT2D eigenvalue weighted by molar-refractivity contribution is 5.70. The number of carbonyl (C=O) groups is 2. The Kier molecular flexibility index (Phi) is 30.0. The van der Waals surface area contributed by atoms with Crippen molar-refractivity contribution in [1.29, 1.82) is 0 Å². The van der Waals surface area contributed by atoms with E-state index in [1.165, 1.54) is 70.6 Å². The van der Waals surface area contributed by atoms with E-state index in [0.717, 1.165) is 44.9 Å². The van der Waals surface area contributed by atoms with Crippen LogP contribution >= 0.6 is 0 Å². The predicted molar refractivity (Wildman–Crippen MR) is 201 cm³/mol. The van der Waals surface area contributed by atoms with Gasteiger partial charge in [-0.25, -0.2) is 0 Å². The van der Waals surface area contributed by atoms with E-state index in [2.05, 4.69) is 50.3 Å². The molecule has 1 saturated heterocycles. The first kappa shape index (κ1) is 46.9. The second-order valence-corrected chi connectivity index (χ2v) is 13.7. The molecule has 0 aromatic carbocycles. The van der Waals surface area contributed by atoms with Gasteiger partial charge in [0.2, 0.25) is 0 Å². The molecule has 0 saturated carbocycles. The van der Waals surface area contributed by atoms with Gasteiger partial charge in [-0.3, -0.25) is 9.59 Å². The zero-order chi connectivity index (χ0) is 37.4. The molecule has 0 amide bonds. The molecule has 2 unspecified atom stereocenters. The van der Waals surface area contributed by atoms with Gasteiger partial charge in [-0.1, -0.05) is 134 Å². The molecule has 1 heterocycles. The minimum Gasteiger partial charge on any atom is -0.462 e. The molecule has 4 N–H and O–H groups in total. The molecule has 10 heteroatoms. The lowest BCUT2D eigenvalue weighted by Gasteiger charge is -2.39. The van der Waals surface area contributed by atoms with Gasteiger partial charge in [0.1, 0.15) is 31.0 Å². The molecular weight excluding hydrogens is 652 g/mol. The molecule has 1 aliphatic heterocycles. The van der Waals surface area contributed by atoms with Crippen LogP contribution in [0.25, 0.3) is 0 Å². The average molecular weight is 725 g/mol. The molecule has 10 nitrogen and oxygen atoms in total. The summed E-state index contributed by atoms with van der Waals surface area (Å²) in [5.74, 6) is -0.872. The maximum Gasteiger partial charge on any atom is 0.306 e. The monoisotopic (exact) mass is 725 g/mol. The maximum absolute atomic E-state index is 12.6. The molecule has 1 rings (SSSR count). The van der Waals surface area contributed by atoms with Crippen molar-refractivity contribution in [2.24, 2.45) is 0 Å². The van der Waals surface area contributed by atoms with Crippen LogP contribution in [0.3, 0.4) is 0 Å². The second kappa shape index (κ2) is 32.6. The molecule has 51 heavy (non-hydrogen) atoms. The number of ether oxygens (including phenoxy) is 4. The third-order valence-electron chi connectivity index (χ3n) is 9.03. The Morgan fingerprint density at radius 2 is 1.12 bits per heavy atom. The number of allylic oxidation sites excluding steroid dienone is 6. The van der Waals surface area contributed by atoms with Gasteiger partial charge in [0.25, 0.3) is 0 Å². The maximum atomic E-state index is 12.6. The molecule has 1 fully saturated rings. The van der Waals surface area contributed by atoms with Crippen molar-refractivity contribution >= 4 is 11.9 Å². The third-order valence-corrected chi connectivity index (χ3v) is 9.03. The molecule has 0 aliphatic carbocycles. The number of unbranched alkanes of at least 4 members (excludes halogenated alkanes) is 15. The quantitative estimate of drug-likeness (QED) is 0.0311. The van der Waals surface area contributed by atoms with E-state index in [4.69, 9.17) is 18.9 Å². The fraction of sp³-hybridized carbons (Fsp3) is 0.805. The molecule has 0 aromatic rings. The third kappa shape index (κ3) is 24.7. The van der Waals surface area contributed by atoms with Crippen molar-refractivity contribution in [2.75, 3.05) is 19.8 Å². The van der Waals surface area contributed by atoms with Gasteiger partial charge in [0.05, 0.1) is 13.2 Å². The molecule has 0 spiro atoms. The Labute approximate surface area is 308 Å². The summed E-state index contributed by atoms with van der Waals surface area (Å²) in [6, 6.07) is 0.